The van der Waals surface area contributed by atoms with Gasteiger partial charge in [-0.15, -0.1) is 0 Å². The van der Waals surface area contributed by atoms with Crippen LogP contribution in [0, 0.1) is 0 Å². The van der Waals surface area contributed by atoms with Crippen LogP contribution in [0.5, 0.6) is 11.5 Å². The minimum atomic E-state index is 0.157. The van der Waals surface area contributed by atoms with Gasteiger partial charge in [0.1, 0.15) is 11.5 Å². The highest BCUT2D eigenvalue weighted by Gasteiger charge is 2.14. The van der Waals surface area contributed by atoms with Crippen molar-refractivity contribution in [1.82, 2.24) is 4.98 Å². The van der Waals surface area contributed by atoms with Gasteiger partial charge in [-0.2, -0.15) is 0 Å². The fourth-order valence-corrected chi connectivity index (χ4v) is 1.87. The zero-order valence-corrected chi connectivity index (χ0v) is 8.60. The number of phenolic OH excluding ortho intramolecular Hbond substituents is 1. The van der Waals surface area contributed by atoms with E-state index >= 15 is 0 Å². The van der Waals surface area contributed by atoms with Gasteiger partial charge in [0, 0.05) is 0 Å². The van der Waals surface area contributed by atoms with E-state index < -0.39 is 0 Å². The molecule has 0 aliphatic carbocycles. The maximum atomic E-state index is 9.83. The second kappa shape index (κ2) is 3.13. The van der Waals surface area contributed by atoms with E-state index in [4.69, 9.17) is 9.15 Å². The molecular weight excluding hydrogens is 206 g/mol. The lowest BCUT2D eigenvalue weighted by atomic mass is 10.1. The lowest BCUT2D eigenvalue weighted by molar-refractivity contribution is 0.420. The number of pyridine rings is 1. The summed E-state index contributed by atoms with van der Waals surface area (Å²) in [5.41, 5.74) is 1.16. The molecule has 3 rings (SSSR count). The van der Waals surface area contributed by atoms with Gasteiger partial charge in [0.15, 0.2) is 0 Å². The van der Waals surface area contributed by atoms with Crippen LogP contribution in [-0.2, 0) is 0 Å². The van der Waals surface area contributed by atoms with Crippen molar-refractivity contribution in [3.63, 3.8) is 0 Å². The van der Waals surface area contributed by atoms with Crippen molar-refractivity contribution < 1.29 is 14.3 Å². The minimum absolute atomic E-state index is 0.157. The molecule has 4 heteroatoms. The van der Waals surface area contributed by atoms with Gasteiger partial charge in [0.25, 0.3) is 0 Å². The molecular formula is C12H9NO3. The molecule has 2 heterocycles. The van der Waals surface area contributed by atoms with Crippen LogP contribution in [-0.4, -0.2) is 17.2 Å². The summed E-state index contributed by atoms with van der Waals surface area (Å²) >= 11 is 0. The Morgan fingerprint density at radius 3 is 3.00 bits per heavy atom. The zero-order chi connectivity index (χ0) is 11.1. The Hall–Kier alpha value is -2.23. The van der Waals surface area contributed by atoms with Crippen LogP contribution in [0.2, 0.25) is 0 Å². The number of rotatable bonds is 1. The maximum absolute atomic E-state index is 9.83. The third-order valence-electron chi connectivity index (χ3n) is 2.56. The number of phenols is 1. The number of hydrogen-bond acceptors (Lipinski definition) is 4. The first-order valence-electron chi connectivity index (χ1n) is 4.84. The van der Waals surface area contributed by atoms with E-state index in [9.17, 15) is 5.11 Å². The summed E-state index contributed by atoms with van der Waals surface area (Å²) in [6, 6.07) is 6.92. The van der Waals surface area contributed by atoms with Crippen molar-refractivity contribution >= 4 is 22.0 Å². The van der Waals surface area contributed by atoms with Crippen molar-refractivity contribution in [3.8, 4) is 11.5 Å². The van der Waals surface area contributed by atoms with E-state index in [0.717, 1.165) is 5.39 Å². The average molecular weight is 215 g/mol. The number of furan rings is 1. The first kappa shape index (κ1) is 9.03. The van der Waals surface area contributed by atoms with Crippen molar-refractivity contribution in [3.05, 3.63) is 30.5 Å². The highest BCUT2D eigenvalue weighted by Crippen LogP contribution is 2.37. The Kier molecular flexibility index (Phi) is 1.77. The molecule has 16 heavy (non-hydrogen) atoms. The molecule has 0 unspecified atom stereocenters. The molecule has 0 aliphatic rings. The summed E-state index contributed by atoms with van der Waals surface area (Å²) in [6.07, 6.45) is 1.55. The Morgan fingerprint density at radius 1 is 1.31 bits per heavy atom. The van der Waals surface area contributed by atoms with Gasteiger partial charge < -0.3 is 14.3 Å². The number of aromatic hydroxyl groups is 1. The molecule has 1 aromatic carbocycles. The molecule has 1 N–H and O–H groups in total. The van der Waals surface area contributed by atoms with Crippen molar-refractivity contribution in [2.45, 2.75) is 0 Å². The number of ether oxygens (including phenoxy) is 1. The smallest absolute Gasteiger partial charge is 0.230 e. The van der Waals surface area contributed by atoms with Gasteiger partial charge in [-0.1, -0.05) is 6.07 Å². The highest BCUT2D eigenvalue weighted by atomic mass is 16.5. The first-order chi connectivity index (χ1) is 7.81. The lowest BCUT2D eigenvalue weighted by Crippen LogP contribution is -1.89. The number of hydrogen-bond donors (Lipinski definition) is 1. The van der Waals surface area contributed by atoms with Crippen molar-refractivity contribution in [1.29, 1.82) is 0 Å². The molecule has 0 saturated carbocycles. The van der Waals surface area contributed by atoms with Gasteiger partial charge in [0.05, 0.1) is 29.7 Å². The number of benzene rings is 1. The fraction of sp³-hybridized carbons (Fsp3) is 0.0833. The van der Waals surface area contributed by atoms with Crippen LogP contribution >= 0.6 is 0 Å². The van der Waals surface area contributed by atoms with E-state index in [0.29, 0.717) is 22.4 Å². The molecule has 4 nitrogen and oxygen atoms in total. The van der Waals surface area contributed by atoms with Crippen molar-refractivity contribution in [2.75, 3.05) is 7.11 Å². The van der Waals surface area contributed by atoms with Gasteiger partial charge >= 0.3 is 0 Å². The quantitative estimate of drug-likeness (QED) is 0.678. The third kappa shape index (κ3) is 1.07. The van der Waals surface area contributed by atoms with Gasteiger partial charge in [-0.05, 0) is 18.2 Å². The summed E-state index contributed by atoms with van der Waals surface area (Å²) in [7, 11) is 1.56. The third-order valence-corrected chi connectivity index (χ3v) is 2.56. The SMILES string of the molecule is COc1c2ccoc2nc2cccc(O)c12. The van der Waals surface area contributed by atoms with Crippen LogP contribution in [0.15, 0.2) is 34.9 Å². The molecule has 0 fully saturated rings. The molecule has 3 aromatic rings. The van der Waals surface area contributed by atoms with E-state index in [-0.39, 0.29) is 5.75 Å². The van der Waals surface area contributed by atoms with Crippen molar-refractivity contribution in [2.24, 2.45) is 0 Å². The van der Waals surface area contributed by atoms with Crippen LogP contribution in [0.4, 0.5) is 0 Å². The standard InChI is InChI=1S/C12H9NO3/c1-15-11-7-5-6-16-12(7)13-8-3-2-4-9(14)10(8)11/h2-6,14H,1H3. The topological polar surface area (TPSA) is 55.5 Å². The molecule has 0 spiro atoms. The number of nitrogens with zero attached hydrogens (tertiary/aromatic N) is 1. The normalized spacial score (nSPS) is 11.1. The van der Waals surface area contributed by atoms with Crippen LogP contribution in [0.3, 0.4) is 0 Å². The Morgan fingerprint density at radius 2 is 2.19 bits per heavy atom. The van der Waals surface area contributed by atoms with E-state index in [1.54, 1.807) is 37.6 Å². The maximum Gasteiger partial charge on any atom is 0.230 e. The lowest BCUT2D eigenvalue weighted by Gasteiger charge is -2.07. The van der Waals surface area contributed by atoms with Gasteiger partial charge in [-0.25, -0.2) is 4.98 Å². The van der Waals surface area contributed by atoms with Crippen LogP contribution in [0.1, 0.15) is 0 Å². The predicted octanol–water partition coefficient (Wildman–Crippen LogP) is 2.70. The summed E-state index contributed by atoms with van der Waals surface area (Å²) in [6.45, 7) is 0. The number of fused-ring (bicyclic) bond motifs is 2. The Balaban J connectivity index is 2.60. The van der Waals surface area contributed by atoms with E-state index in [1.807, 2.05) is 0 Å². The number of aromatic nitrogens is 1. The minimum Gasteiger partial charge on any atom is -0.507 e. The largest absolute Gasteiger partial charge is 0.507 e. The Labute approximate surface area is 91.1 Å². The van der Waals surface area contributed by atoms with E-state index in [1.165, 1.54) is 0 Å². The molecule has 2 aromatic heterocycles. The first-order valence-corrected chi connectivity index (χ1v) is 4.84. The molecule has 0 saturated heterocycles. The van der Waals surface area contributed by atoms with Gasteiger partial charge in [0.2, 0.25) is 5.71 Å². The van der Waals surface area contributed by atoms with E-state index in [2.05, 4.69) is 4.98 Å². The number of methoxy groups -OCH3 is 1. The highest BCUT2D eigenvalue weighted by molar-refractivity contribution is 6.02. The zero-order valence-electron chi connectivity index (χ0n) is 8.60. The van der Waals surface area contributed by atoms with Crippen LogP contribution < -0.4 is 4.74 Å². The monoisotopic (exact) mass is 215 g/mol. The summed E-state index contributed by atoms with van der Waals surface area (Å²) in [4.78, 5) is 4.30. The molecule has 0 bridgehead atoms. The second-order valence-electron chi connectivity index (χ2n) is 3.46. The molecule has 0 radical (unpaired) electrons. The summed E-state index contributed by atoms with van der Waals surface area (Å²) < 4.78 is 10.6. The fourth-order valence-electron chi connectivity index (χ4n) is 1.87. The summed E-state index contributed by atoms with van der Waals surface area (Å²) in [5.74, 6) is 0.747. The average Bonchev–Trinajstić information content (AvgIpc) is 2.74. The molecule has 0 aliphatic heterocycles. The van der Waals surface area contributed by atoms with Crippen LogP contribution in [0.25, 0.3) is 22.0 Å². The van der Waals surface area contributed by atoms with Gasteiger partial charge in [-0.3, -0.25) is 0 Å². The molecule has 80 valence electrons. The Bertz CT molecular complexity index is 672. The molecule has 0 atom stereocenters. The molecule has 0 amide bonds. The summed E-state index contributed by atoms with van der Waals surface area (Å²) in [5, 5.41) is 11.2. The second-order valence-corrected chi connectivity index (χ2v) is 3.46. The predicted molar refractivity (Wildman–Crippen MR) is 59.7 cm³/mol.